The number of nitrogens with zero attached hydrogens (tertiary/aromatic N) is 1. The fourth-order valence-electron chi connectivity index (χ4n) is 1.81. The molecule has 5 heteroatoms. The molecule has 0 saturated carbocycles. The molecule has 2 rings (SSSR count). The topological polar surface area (TPSA) is 64.4 Å². The highest BCUT2D eigenvalue weighted by molar-refractivity contribution is 5.35. The van der Waals surface area contributed by atoms with Crippen molar-refractivity contribution in [2.24, 2.45) is 0 Å². The SMILES string of the molecule is CC1(c2ccc([N+](=O)[O-])cc2)NCCCO1. The van der Waals surface area contributed by atoms with E-state index in [1.807, 2.05) is 6.92 Å². The molecule has 0 spiro atoms. The maximum atomic E-state index is 10.5. The molecule has 1 fully saturated rings. The van der Waals surface area contributed by atoms with Gasteiger partial charge < -0.3 is 4.74 Å². The molecular weight excluding hydrogens is 208 g/mol. The molecule has 1 aliphatic heterocycles. The molecule has 1 heterocycles. The van der Waals surface area contributed by atoms with Gasteiger partial charge >= 0.3 is 0 Å². The van der Waals surface area contributed by atoms with E-state index in [0.29, 0.717) is 6.61 Å². The van der Waals surface area contributed by atoms with Crippen molar-refractivity contribution in [3.8, 4) is 0 Å². The van der Waals surface area contributed by atoms with Crippen LogP contribution < -0.4 is 5.32 Å². The Morgan fingerprint density at radius 3 is 2.62 bits per heavy atom. The predicted molar refractivity (Wildman–Crippen MR) is 59.0 cm³/mol. The number of ether oxygens (including phenoxy) is 1. The average molecular weight is 222 g/mol. The van der Waals surface area contributed by atoms with Crippen molar-refractivity contribution in [2.45, 2.75) is 19.1 Å². The fourth-order valence-corrected chi connectivity index (χ4v) is 1.81. The molecule has 16 heavy (non-hydrogen) atoms. The average Bonchev–Trinajstić information content (AvgIpc) is 2.30. The van der Waals surface area contributed by atoms with Gasteiger partial charge in [-0.15, -0.1) is 0 Å². The molecule has 86 valence electrons. The second-order valence-corrected chi connectivity index (χ2v) is 3.97. The number of non-ortho nitro benzene ring substituents is 1. The molecule has 0 aliphatic carbocycles. The molecule has 0 amide bonds. The summed E-state index contributed by atoms with van der Waals surface area (Å²) in [7, 11) is 0. The third kappa shape index (κ3) is 2.05. The zero-order valence-electron chi connectivity index (χ0n) is 9.10. The highest BCUT2D eigenvalue weighted by atomic mass is 16.6. The summed E-state index contributed by atoms with van der Waals surface area (Å²) >= 11 is 0. The van der Waals surface area contributed by atoms with E-state index >= 15 is 0 Å². The van der Waals surface area contributed by atoms with Crippen LogP contribution in [0.4, 0.5) is 5.69 Å². The second kappa shape index (κ2) is 4.19. The van der Waals surface area contributed by atoms with Gasteiger partial charge in [-0.1, -0.05) is 0 Å². The van der Waals surface area contributed by atoms with Crippen LogP contribution in [0.15, 0.2) is 24.3 Å². The zero-order chi connectivity index (χ0) is 11.6. The van der Waals surface area contributed by atoms with E-state index in [2.05, 4.69) is 5.32 Å². The Bertz CT molecular complexity index is 383. The van der Waals surface area contributed by atoms with Crippen LogP contribution in [0.1, 0.15) is 18.9 Å². The second-order valence-electron chi connectivity index (χ2n) is 3.97. The molecule has 5 nitrogen and oxygen atoms in total. The number of nitro benzene ring substituents is 1. The van der Waals surface area contributed by atoms with Crippen molar-refractivity contribution in [3.63, 3.8) is 0 Å². The third-order valence-corrected chi connectivity index (χ3v) is 2.80. The van der Waals surface area contributed by atoms with Gasteiger partial charge in [-0.25, -0.2) is 0 Å². The Morgan fingerprint density at radius 1 is 1.44 bits per heavy atom. The first-order chi connectivity index (χ1) is 7.62. The number of hydrogen-bond donors (Lipinski definition) is 1. The van der Waals surface area contributed by atoms with Gasteiger partial charge in [0.15, 0.2) is 0 Å². The Balaban J connectivity index is 2.23. The predicted octanol–water partition coefficient (Wildman–Crippen LogP) is 1.78. The van der Waals surface area contributed by atoms with Crippen LogP contribution >= 0.6 is 0 Å². The molecule has 0 bridgehead atoms. The number of nitro groups is 1. The quantitative estimate of drug-likeness (QED) is 0.612. The van der Waals surface area contributed by atoms with Gasteiger partial charge in [0.25, 0.3) is 5.69 Å². The van der Waals surface area contributed by atoms with Gasteiger partial charge in [-0.3, -0.25) is 15.4 Å². The molecule has 1 aromatic carbocycles. The zero-order valence-corrected chi connectivity index (χ0v) is 9.10. The first-order valence-corrected chi connectivity index (χ1v) is 5.26. The van der Waals surface area contributed by atoms with E-state index < -0.39 is 10.6 Å². The lowest BCUT2D eigenvalue weighted by atomic mass is 10.0. The summed E-state index contributed by atoms with van der Waals surface area (Å²) < 4.78 is 5.67. The minimum Gasteiger partial charge on any atom is -0.357 e. The highest BCUT2D eigenvalue weighted by Crippen LogP contribution is 2.26. The molecule has 1 aliphatic rings. The van der Waals surface area contributed by atoms with Crippen LogP contribution in [0.25, 0.3) is 0 Å². The first kappa shape index (κ1) is 11.0. The van der Waals surface area contributed by atoms with Gasteiger partial charge in [-0.05, 0) is 31.0 Å². The van der Waals surface area contributed by atoms with Crippen LogP contribution in [0, 0.1) is 10.1 Å². The van der Waals surface area contributed by atoms with Crippen LogP contribution in [0.5, 0.6) is 0 Å². The van der Waals surface area contributed by atoms with Crippen molar-refractivity contribution in [2.75, 3.05) is 13.2 Å². The van der Waals surface area contributed by atoms with E-state index in [1.54, 1.807) is 12.1 Å². The van der Waals surface area contributed by atoms with Gasteiger partial charge in [0.05, 0.1) is 11.5 Å². The summed E-state index contributed by atoms with van der Waals surface area (Å²) in [5.41, 5.74) is 0.494. The number of rotatable bonds is 2. The summed E-state index contributed by atoms with van der Waals surface area (Å²) in [4.78, 5) is 10.1. The number of benzene rings is 1. The van der Waals surface area contributed by atoms with Crippen molar-refractivity contribution < 1.29 is 9.66 Å². The maximum Gasteiger partial charge on any atom is 0.269 e. The third-order valence-electron chi connectivity index (χ3n) is 2.80. The largest absolute Gasteiger partial charge is 0.357 e. The van der Waals surface area contributed by atoms with Gasteiger partial charge in [0.2, 0.25) is 0 Å². The van der Waals surface area contributed by atoms with Crippen LogP contribution in [0.2, 0.25) is 0 Å². The minimum atomic E-state index is -0.520. The number of hydrogen-bond acceptors (Lipinski definition) is 4. The van der Waals surface area contributed by atoms with E-state index in [0.717, 1.165) is 18.5 Å². The van der Waals surface area contributed by atoms with Crippen LogP contribution in [-0.4, -0.2) is 18.1 Å². The molecule has 1 aromatic rings. The lowest BCUT2D eigenvalue weighted by Crippen LogP contribution is -2.46. The summed E-state index contributed by atoms with van der Waals surface area (Å²) in [6, 6.07) is 6.47. The van der Waals surface area contributed by atoms with Crippen molar-refractivity contribution in [1.29, 1.82) is 0 Å². The Morgan fingerprint density at radius 2 is 2.12 bits per heavy atom. The van der Waals surface area contributed by atoms with E-state index in [9.17, 15) is 10.1 Å². The van der Waals surface area contributed by atoms with Crippen molar-refractivity contribution in [1.82, 2.24) is 5.32 Å². The molecule has 0 aromatic heterocycles. The Labute approximate surface area is 93.6 Å². The normalized spacial score (nSPS) is 25.3. The molecule has 1 saturated heterocycles. The minimum absolute atomic E-state index is 0.100. The fraction of sp³-hybridized carbons (Fsp3) is 0.455. The van der Waals surface area contributed by atoms with Gasteiger partial charge in [0.1, 0.15) is 5.72 Å². The smallest absolute Gasteiger partial charge is 0.269 e. The lowest BCUT2D eigenvalue weighted by molar-refractivity contribution is -0.384. The van der Waals surface area contributed by atoms with Crippen molar-refractivity contribution in [3.05, 3.63) is 39.9 Å². The Kier molecular flexibility index (Phi) is 2.89. The molecule has 0 radical (unpaired) electrons. The van der Waals surface area contributed by atoms with E-state index in [1.165, 1.54) is 12.1 Å². The van der Waals surface area contributed by atoms with Crippen LogP contribution in [-0.2, 0) is 10.5 Å². The maximum absolute atomic E-state index is 10.5. The summed E-state index contributed by atoms with van der Waals surface area (Å²) in [5, 5.41) is 13.8. The molecule has 1 unspecified atom stereocenters. The van der Waals surface area contributed by atoms with Gasteiger partial charge in [-0.2, -0.15) is 0 Å². The first-order valence-electron chi connectivity index (χ1n) is 5.26. The standard InChI is InChI=1S/C11H14N2O3/c1-11(12-7-2-8-16-11)9-3-5-10(6-4-9)13(14)15/h3-6,12H,2,7-8H2,1H3. The summed E-state index contributed by atoms with van der Waals surface area (Å²) in [6.07, 6.45) is 0.989. The number of nitrogens with one attached hydrogen (secondary N) is 1. The highest BCUT2D eigenvalue weighted by Gasteiger charge is 2.29. The summed E-state index contributed by atoms with van der Waals surface area (Å²) in [6.45, 7) is 3.54. The van der Waals surface area contributed by atoms with E-state index in [4.69, 9.17) is 4.74 Å². The molecular formula is C11H14N2O3. The molecule has 1 N–H and O–H groups in total. The summed E-state index contributed by atoms with van der Waals surface area (Å²) in [5.74, 6) is 0. The van der Waals surface area contributed by atoms with Crippen LogP contribution in [0.3, 0.4) is 0 Å². The van der Waals surface area contributed by atoms with E-state index in [-0.39, 0.29) is 5.69 Å². The Hall–Kier alpha value is -1.46. The van der Waals surface area contributed by atoms with Gasteiger partial charge in [0, 0.05) is 18.7 Å². The monoisotopic (exact) mass is 222 g/mol. The lowest BCUT2D eigenvalue weighted by Gasteiger charge is -2.35. The van der Waals surface area contributed by atoms with Crippen molar-refractivity contribution >= 4 is 5.69 Å². The molecule has 1 atom stereocenters.